The van der Waals surface area contributed by atoms with E-state index in [1.807, 2.05) is 0 Å². The molecular weight excluding hydrogens is 380 g/mol. The fourth-order valence-corrected chi connectivity index (χ4v) is 4.35. The molecule has 164 valence electrons. The monoisotopic (exact) mass is 416 g/mol. The van der Waals surface area contributed by atoms with Crippen LogP contribution in [0.3, 0.4) is 0 Å². The predicted molar refractivity (Wildman–Crippen MR) is 131 cm³/mol. The van der Waals surface area contributed by atoms with Crippen molar-refractivity contribution in [2.75, 3.05) is 7.11 Å². The molecule has 0 spiro atoms. The van der Waals surface area contributed by atoms with Crippen LogP contribution in [0.4, 0.5) is 0 Å². The molecule has 2 aromatic carbocycles. The highest BCUT2D eigenvalue weighted by Gasteiger charge is 2.17. The zero-order valence-electron chi connectivity index (χ0n) is 19.7. The molecule has 0 fully saturated rings. The van der Waals surface area contributed by atoms with Crippen LogP contribution in [0.1, 0.15) is 67.6 Å². The molecule has 1 heterocycles. The van der Waals surface area contributed by atoms with Gasteiger partial charge in [0.05, 0.1) is 12.8 Å². The van der Waals surface area contributed by atoms with Crippen LogP contribution >= 0.6 is 0 Å². The molecule has 1 unspecified atom stereocenters. The van der Waals surface area contributed by atoms with E-state index in [0.717, 1.165) is 54.9 Å². The average molecular weight is 417 g/mol. The first kappa shape index (κ1) is 23.0. The number of ether oxygens (including phenoxy) is 1. The second-order valence-corrected chi connectivity index (χ2v) is 8.06. The van der Waals surface area contributed by atoms with E-state index in [1.54, 1.807) is 7.11 Å². The molecule has 0 saturated heterocycles. The van der Waals surface area contributed by atoms with Crippen LogP contribution in [0.2, 0.25) is 0 Å². The summed E-state index contributed by atoms with van der Waals surface area (Å²) in [7, 11) is 1.76. The van der Waals surface area contributed by atoms with Gasteiger partial charge in [0.2, 0.25) is 0 Å². The van der Waals surface area contributed by atoms with Gasteiger partial charge in [0.1, 0.15) is 5.75 Å². The van der Waals surface area contributed by atoms with E-state index >= 15 is 0 Å². The first-order valence-electron chi connectivity index (χ1n) is 11.6. The summed E-state index contributed by atoms with van der Waals surface area (Å²) in [4.78, 5) is 5.05. The molecule has 1 N–H and O–H groups in total. The van der Waals surface area contributed by atoms with Crippen molar-refractivity contribution < 1.29 is 4.74 Å². The lowest BCUT2D eigenvalue weighted by Crippen LogP contribution is -2.22. The van der Waals surface area contributed by atoms with Crippen molar-refractivity contribution in [2.45, 2.75) is 66.0 Å². The summed E-state index contributed by atoms with van der Waals surface area (Å²) in [5.74, 6) is 0.909. The Morgan fingerprint density at radius 1 is 0.935 bits per heavy atom. The third-order valence-corrected chi connectivity index (χ3v) is 6.07. The second-order valence-electron chi connectivity index (χ2n) is 8.06. The SMILES string of the molecule is CCCC(NCc1c(OC)cc(-c2c(CC)cccc2CC)nc1C)c1ccccc1. The van der Waals surface area contributed by atoms with Crippen LogP contribution in [-0.2, 0) is 19.4 Å². The summed E-state index contributed by atoms with van der Waals surface area (Å²) >= 11 is 0. The van der Waals surface area contributed by atoms with Gasteiger partial charge in [-0.3, -0.25) is 4.98 Å². The topological polar surface area (TPSA) is 34.1 Å². The lowest BCUT2D eigenvalue weighted by molar-refractivity contribution is 0.402. The summed E-state index contributed by atoms with van der Waals surface area (Å²) in [6.07, 6.45) is 4.21. The van der Waals surface area contributed by atoms with E-state index in [9.17, 15) is 0 Å². The zero-order chi connectivity index (χ0) is 22.2. The van der Waals surface area contributed by atoms with Gasteiger partial charge in [-0.05, 0) is 42.9 Å². The Hall–Kier alpha value is -2.65. The number of benzene rings is 2. The normalized spacial score (nSPS) is 12.0. The Bertz CT molecular complexity index is 960. The maximum atomic E-state index is 5.85. The molecule has 1 atom stereocenters. The van der Waals surface area contributed by atoms with Crippen LogP contribution in [-0.4, -0.2) is 12.1 Å². The Kier molecular flexibility index (Phi) is 8.25. The average Bonchev–Trinajstić information content (AvgIpc) is 2.81. The fourth-order valence-electron chi connectivity index (χ4n) is 4.35. The van der Waals surface area contributed by atoms with E-state index in [4.69, 9.17) is 9.72 Å². The molecule has 3 aromatic rings. The summed E-state index contributed by atoms with van der Waals surface area (Å²) < 4.78 is 5.85. The van der Waals surface area contributed by atoms with Gasteiger partial charge in [-0.1, -0.05) is 75.7 Å². The van der Waals surface area contributed by atoms with Crippen molar-refractivity contribution in [3.63, 3.8) is 0 Å². The minimum absolute atomic E-state index is 0.322. The van der Waals surface area contributed by atoms with Crippen molar-refractivity contribution in [1.29, 1.82) is 0 Å². The van der Waals surface area contributed by atoms with Gasteiger partial charge < -0.3 is 10.1 Å². The number of methoxy groups -OCH3 is 1. The molecule has 31 heavy (non-hydrogen) atoms. The number of nitrogens with one attached hydrogen (secondary N) is 1. The summed E-state index contributed by atoms with van der Waals surface area (Å²) in [5, 5.41) is 3.75. The quantitative estimate of drug-likeness (QED) is 0.394. The lowest BCUT2D eigenvalue weighted by atomic mass is 9.94. The van der Waals surface area contributed by atoms with Crippen molar-refractivity contribution in [1.82, 2.24) is 10.3 Å². The second kappa shape index (κ2) is 11.1. The molecule has 0 amide bonds. The number of hydrogen-bond donors (Lipinski definition) is 1. The highest BCUT2D eigenvalue weighted by Crippen LogP contribution is 2.33. The maximum absolute atomic E-state index is 5.85. The van der Waals surface area contributed by atoms with Gasteiger partial charge in [-0.25, -0.2) is 0 Å². The summed E-state index contributed by atoms with van der Waals surface area (Å²) in [5.41, 5.74) is 8.45. The molecule has 0 aliphatic heterocycles. The Morgan fingerprint density at radius 2 is 1.61 bits per heavy atom. The van der Waals surface area contributed by atoms with Gasteiger partial charge in [-0.2, -0.15) is 0 Å². The minimum Gasteiger partial charge on any atom is -0.496 e. The fraction of sp³-hybridized carbons (Fsp3) is 0.393. The number of nitrogens with zero attached hydrogens (tertiary/aromatic N) is 1. The van der Waals surface area contributed by atoms with Crippen LogP contribution in [0.25, 0.3) is 11.3 Å². The van der Waals surface area contributed by atoms with Gasteiger partial charge >= 0.3 is 0 Å². The third-order valence-electron chi connectivity index (χ3n) is 6.07. The van der Waals surface area contributed by atoms with Gasteiger partial charge in [0.15, 0.2) is 0 Å². The van der Waals surface area contributed by atoms with Gasteiger partial charge in [0.25, 0.3) is 0 Å². The Balaban J connectivity index is 1.94. The van der Waals surface area contributed by atoms with Crippen molar-refractivity contribution in [3.05, 3.63) is 82.5 Å². The van der Waals surface area contributed by atoms with E-state index in [1.165, 1.54) is 22.3 Å². The minimum atomic E-state index is 0.322. The smallest absolute Gasteiger partial charge is 0.127 e. The van der Waals surface area contributed by atoms with Crippen molar-refractivity contribution in [2.24, 2.45) is 0 Å². The van der Waals surface area contributed by atoms with Crippen LogP contribution in [0.15, 0.2) is 54.6 Å². The van der Waals surface area contributed by atoms with Crippen LogP contribution in [0, 0.1) is 6.92 Å². The van der Waals surface area contributed by atoms with Gasteiger partial charge in [0, 0.05) is 35.5 Å². The predicted octanol–water partition coefficient (Wildman–Crippen LogP) is 6.82. The Morgan fingerprint density at radius 3 is 2.19 bits per heavy atom. The maximum Gasteiger partial charge on any atom is 0.127 e. The van der Waals surface area contributed by atoms with Crippen LogP contribution in [0.5, 0.6) is 5.75 Å². The van der Waals surface area contributed by atoms with Gasteiger partial charge in [-0.15, -0.1) is 0 Å². The van der Waals surface area contributed by atoms with E-state index in [2.05, 4.69) is 87.6 Å². The van der Waals surface area contributed by atoms with E-state index in [0.29, 0.717) is 6.04 Å². The number of aromatic nitrogens is 1. The van der Waals surface area contributed by atoms with E-state index < -0.39 is 0 Å². The molecular formula is C28H36N2O. The number of hydrogen-bond acceptors (Lipinski definition) is 3. The lowest BCUT2D eigenvalue weighted by Gasteiger charge is -2.21. The molecule has 0 radical (unpaired) electrons. The first-order valence-corrected chi connectivity index (χ1v) is 11.6. The molecule has 0 saturated carbocycles. The highest BCUT2D eigenvalue weighted by atomic mass is 16.5. The van der Waals surface area contributed by atoms with Crippen molar-refractivity contribution >= 4 is 0 Å². The van der Waals surface area contributed by atoms with Crippen LogP contribution < -0.4 is 10.1 Å². The molecule has 3 rings (SSSR count). The molecule has 0 aliphatic rings. The summed E-state index contributed by atoms with van der Waals surface area (Å²) in [6.45, 7) is 9.48. The number of rotatable bonds is 10. The zero-order valence-corrected chi connectivity index (χ0v) is 19.7. The highest BCUT2D eigenvalue weighted by molar-refractivity contribution is 5.70. The number of aryl methyl sites for hydroxylation is 3. The molecule has 0 aliphatic carbocycles. The van der Waals surface area contributed by atoms with Crippen molar-refractivity contribution in [3.8, 4) is 17.0 Å². The largest absolute Gasteiger partial charge is 0.496 e. The number of pyridine rings is 1. The molecule has 3 heteroatoms. The first-order chi connectivity index (χ1) is 15.1. The molecule has 3 nitrogen and oxygen atoms in total. The third kappa shape index (κ3) is 5.34. The van der Waals surface area contributed by atoms with E-state index in [-0.39, 0.29) is 0 Å². The molecule has 0 bridgehead atoms. The summed E-state index contributed by atoms with van der Waals surface area (Å²) in [6, 6.07) is 19.7. The molecule has 1 aromatic heterocycles. The standard InChI is InChI=1S/C28H36N2O/c1-6-13-25(23-14-10-9-11-15-23)29-19-24-20(4)30-26(18-27(24)31-5)28-21(7-2)16-12-17-22(28)8-3/h9-12,14-18,25,29H,6-8,13,19H2,1-5H3. The Labute approximate surface area is 187 Å².